The average Bonchev–Trinajstić information content (AvgIpc) is 2.61. The lowest BCUT2D eigenvalue weighted by molar-refractivity contribution is -0.362. The van der Waals surface area contributed by atoms with Crippen molar-refractivity contribution in [2.75, 3.05) is 0 Å². The van der Waals surface area contributed by atoms with Crippen molar-refractivity contribution in [2.24, 2.45) is 0 Å². The highest BCUT2D eigenvalue weighted by Gasteiger charge is 2.22. The molecule has 0 spiro atoms. The summed E-state index contributed by atoms with van der Waals surface area (Å²) in [4.78, 5) is 43.8. The van der Waals surface area contributed by atoms with Crippen molar-refractivity contribution in [3.63, 3.8) is 0 Å². The lowest BCUT2D eigenvalue weighted by Gasteiger charge is -2.14. The highest BCUT2D eigenvalue weighted by atomic mass is 17.3. The predicted molar refractivity (Wildman–Crippen MR) is 98.1 cm³/mol. The molecule has 0 atom stereocenters. The first-order chi connectivity index (χ1) is 12.8. The maximum Gasteiger partial charge on any atom is 0.373 e. The van der Waals surface area contributed by atoms with E-state index in [1.54, 1.807) is 52.0 Å². The summed E-state index contributed by atoms with van der Waals surface area (Å²) in [5, 5.41) is 0. The molecule has 0 bridgehead atoms. The van der Waals surface area contributed by atoms with Crippen LogP contribution in [0.25, 0.3) is 0 Å². The Morgan fingerprint density at radius 1 is 0.704 bits per heavy atom. The van der Waals surface area contributed by atoms with Crippen molar-refractivity contribution < 1.29 is 29.1 Å². The van der Waals surface area contributed by atoms with Gasteiger partial charge in [0.15, 0.2) is 0 Å². The predicted octanol–water partition coefficient (Wildman–Crippen LogP) is 4.51. The average molecular weight is 370 g/mol. The Kier molecular flexibility index (Phi) is 7.10. The zero-order valence-electron chi connectivity index (χ0n) is 15.8. The first-order valence-corrected chi connectivity index (χ1v) is 8.40. The molecule has 0 saturated carbocycles. The van der Waals surface area contributed by atoms with E-state index in [1.165, 1.54) is 0 Å². The van der Waals surface area contributed by atoms with E-state index in [-0.39, 0.29) is 12.7 Å². The van der Waals surface area contributed by atoms with Gasteiger partial charge in [0.25, 0.3) is 0 Å². The third-order valence-electron chi connectivity index (χ3n) is 4.00. The number of carbonyl (C=O) groups excluding carboxylic acids is 2. The van der Waals surface area contributed by atoms with Crippen LogP contribution in [0.15, 0.2) is 36.4 Å². The van der Waals surface area contributed by atoms with Gasteiger partial charge in [0.1, 0.15) is 0 Å². The summed E-state index contributed by atoms with van der Waals surface area (Å²) in [5.74, 6) is -1.36. The first kappa shape index (κ1) is 20.6. The molecule has 27 heavy (non-hydrogen) atoms. The molecule has 0 amide bonds. The third kappa shape index (κ3) is 5.15. The number of benzene rings is 2. The molecular formula is C21H22O6. The summed E-state index contributed by atoms with van der Waals surface area (Å²) in [7, 11) is 0. The van der Waals surface area contributed by atoms with Gasteiger partial charge in [0.05, 0.1) is 11.1 Å². The van der Waals surface area contributed by atoms with E-state index in [0.29, 0.717) is 11.1 Å². The third-order valence-corrected chi connectivity index (χ3v) is 4.00. The molecular weight excluding hydrogens is 348 g/mol. The molecule has 2 aromatic carbocycles. The molecule has 6 nitrogen and oxygen atoms in total. The molecule has 0 aliphatic carbocycles. The summed E-state index contributed by atoms with van der Waals surface area (Å²) < 4.78 is 0. The van der Waals surface area contributed by atoms with Crippen LogP contribution in [0, 0.1) is 40.9 Å². The monoisotopic (exact) mass is 370 g/mol. The van der Waals surface area contributed by atoms with Crippen molar-refractivity contribution in [3.8, 4) is 0 Å². The van der Waals surface area contributed by atoms with E-state index >= 15 is 0 Å². The normalized spacial score (nSPS) is 10.7. The summed E-state index contributed by atoms with van der Waals surface area (Å²) in [6.45, 7) is 10.7. The molecule has 0 unspecified atom stereocenters. The number of hydrogen-bond acceptors (Lipinski definition) is 6. The summed E-state index contributed by atoms with van der Waals surface area (Å²) in [6.07, 6.45) is -0.283. The van der Waals surface area contributed by atoms with E-state index in [0.717, 1.165) is 22.3 Å². The Balaban J connectivity index is 1.94. The lowest BCUT2D eigenvalue weighted by Crippen LogP contribution is -2.17. The fourth-order valence-electron chi connectivity index (χ4n) is 2.62. The maximum atomic E-state index is 12.2. The van der Waals surface area contributed by atoms with Crippen LogP contribution in [0.1, 0.15) is 49.4 Å². The zero-order valence-corrected chi connectivity index (χ0v) is 15.8. The summed E-state index contributed by atoms with van der Waals surface area (Å²) in [6, 6.07) is 10.8. The Morgan fingerprint density at radius 3 is 1.33 bits per heavy atom. The number of rotatable bonds is 7. The summed E-state index contributed by atoms with van der Waals surface area (Å²) >= 11 is 0. The van der Waals surface area contributed by atoms with Crippen molar-refractivity contribution in [1.29, 1.82) is 0 Å². The Labute approximate surface area is 158 Å². The highest BCUT2D eigenvalue weighted by molar-refractivity contribution is 5.92. The van der Waals surface area contributed by atoms with Crippen LogP contribution in [0.5, 0.6) is 0 Å². The van der Waals surface area contributed by atoms with Gasteiger partial charge in [0.2, 0.25) is 0 Å². The van der Waals surface area contributed by atoms with E-state index < -0.39 is 11.9 Å². The van der Waals surface area contributed by atoms with Crippen LogP contribution in [0.3, 0.4) is 0 Å². The standard InChI is InChI=1S/C21H22O6/c1-6-17(24-26-20(22)18-13(2)9-7-10-14(18)3)25-27-21(23)19-15(4)11-8-12-16(19)5/h7-12H,1,6H2,2-5H3. The molecule has 0 N–H and O–H groups in total. The van der Waals surface area contributed by atoms with Gasteiger partial charge in [-0.15, -0.1) is 9.78 Å². The van der Waals surface area contributed by atoms with Gasteiger partial charge >= 0.3 is 18.2 Å². The smallest absolute Gasteiger partial charge is 0.289 e. The Morgan fingerprint density at radius 2 is 1.04 bits per heavy atom. The first-order valence-electron chi connectivity index (χ1n) is 8.40. The van der Waals surface area contributed by atoms with Crippen LogP contribution < -0.4 is 0 Å². The molecule has 142 valence electrons. The van der Waals surface area contributed by atoms with Crippen LogP contribution >= 0.6 is 0 Å². The largest absolute Gasteiger partial charge is 0.373 e. The summed E-state index contributed by atoms with van der Waals surface area (Å²) in [5.41, 5.74) is 3.80. The number of hydrogen-bond donors (Lipinski definition) is 0. The molecule has 6 heteroatoms. The van der Waals surface area contributed by atoms with Crippen molar-refractivity contribution in [1.82, 2.24) is 0 Å². The minimum Gasteiger partial charge on any atom is -0.289 e. The Bertz CT molecular complexity index is 719. The van der Waals surface area contributed by atoms with Gasteiger partial charge in [-0.3, -0.25) is 9.78 Å². The molecule has 0 heterocycles. The molecule has 0 fully saturated rings. The van der Waals surface area contributed by atoms with Gasteiger partial charge in [-0.25, -0.2) is 9.59 Å². The SMILES string of the molecule is [CH2]C[C](OOC(=O)c1c(C)cccc1C)OOC(=O)c1c(C)cccc1C. The number of aryl methyl sites for hydroxylation is 4. The Hall–Kier alpha value is -2.70. The van der Waals surface area contributed by atoms with Crippen LogP contribution in [0.2, 0.25) is 0 Å². The molecule has 0 aliphatic heterocycles. The van der Waals surface area contributed by atoms with E-state index in [9.17, 15) is 9.59 Å². The van der Waals surface area contributed by atoms with Gasteiger partial charge in [-0.2, -0.15) is 0 Å². The zero-order chi connectivity index (χ0) is 20.0. The molecule has 0 saturated heterocycles. The molecule has 2 radical (unpaired) electrons. The van der Waals surface area contributed by atoms with Gasteiger partial charge in [0, 0.05) is 6.42 Å². The van der Waals surface area contributed by atoms with Crippen molar-refractivity contribution in [2.45, 2.75) is 34.1 Å². The second-order valence-electron chi connectivity index (χ2n) is 6.06. The van der Waals surface area contributed by atoms with Crippen molar-refractivity contribution >= 4 is 11.9 Å². The van der Waals surface area contributed by atoms with Crippen LogP contribution in [-0.4, -0.2) is 11.9 Å². The van der Waals surface area contributed by atoms with Gasteiger partial charge < -0.3 is 0 Å². The number of carbonyl (C=O) groups is 2. The molecule has 2 aromatic rings. The van der Waals surface area contributed by atoms with Gasteiger partial charge in [-0.1, -0.05) is 36.4 Å². The van der Waals surface area contributed by atoms with E-state index in [2.05, 4.69) is 6.92 Å². The van der Waals surface area contributed by atoms with Crippen LogP contribution in [0.4, 0.5) is 0 Å². The quantitative estimate of drug-likeness (QED) is 0.527. The van der Waals surface area contributed by atoms with E-state index in [4.69, 9.17) is 19.6 Å². The van der Waals surface area contributed by atoms with Gasteiger partial charge in [-0.05, 0) is 56.9 Å². The fourth-order valence-corrected chi connectivity index (χ4v) is 2.62. The molecule has 0 aromatic heterocycles. The lowest BCUT2D eigenvalue weighted by atomic mass is 10.0. The second kappa shape index (κ2) is 9.30. The van der Waals surface area contributed by atoms with Crippen LogP contribution in [-0.2, 0) is 19.6 Å². The van der Waals surface area contributed by atoms with Crippen molar-refractivity contribution in [3.05, 3.63) is 83.0 Å². The van der Waals surface area contributed by atoms with E-state index in [1.807, 2.05) is 12.1 Å². The highest BCUT2D eigenvalue weighted by Crippen LogP contribution is 2.19. The second-order valence-corrected chi connectivity index (χ2v) is 6.06. The maximum absolute atomic E-state index is 12.2. The minimum absolute atomic E-state index is 0.0277. The topological polar surface area (TPSA) is 71.1 Å². The molecule has 2 rings (SSSR count). The molecule has 0 aliphatic rings. The fraction of sp³-hybridized carbons (Fsp3) is 0.238. The minimum atomic E-state index is -0.679.